The number of hydrogen-bond donors (Lipinski definition) is 2. The van der Waals surface area contributed by atoms with Gasteiger partial charge in [-0.05, 0) is 25.0 Å². The molecule has 0 spiro atoms. The van der Waals surface area contributed by atoms with Gasteiger partial charge in [-0.25, -0.2) is 0 Å². The van der Waals surface area contributed by atoms with Crippen LogP contribution in [0.15, 0.2) is 48.5 Å². The lowest BCUT2D eigenvalue weighted by molar-refractivity contribution is 0.101. The summed E-state index contributed by atoms with van der Waals surface area (Å²) in [5.74, 6) is 0. The number of nitrogens with one attached hydrogen (secondary N) is 1. The molecule has 2 N–H and O–H groups in total. The fourth-order valence-corrected chi connectivity index (χ4v) is 3.69. The molecule has 0 amide bonds. The van der Waals surface area contributed by atoms with Crippen LogP contribution in [0.2, 0.25) is 0 Å². The normalized spacial score (nSPS) is 19.3. The van der Waals surface area contributed by atoms with Crippen LogP contribution in [0.1, 0.15) is 12.8 Å². The summed E-state index contributed by atoms with van der Waals surface area (Å²) in [4.78, 5) is 0. The van der Waals surface area contributed by atoms with Crippen molar-refractivity contribution in [3.05, 3.63) is 48.5 Å². The van der Waals surface area contributed by atoms with E-state index in [9.17, 15) is 5.11 Å². The smallest absolute Gasteiger partial charge is 0.0843 e. The van der Waals surface area contributed by atoms with Crippen molar-refractivity contribution in [2.24, 2.45) is 0 Å². The molecule has 4 heteroatoms. The molecule has 126 valence electrons. The van der Waals surface area contributed by atoms with Crippen LogP contribution < -0.4 is 5.32 Å². The van der Waals surface area contributed by atoms with Gasteiger partial charge in [0.05, 0.1) is 18.8 Å². The molecule has 0 bridgehead atoms. The van der Waals surface area contributed by atoms with Crippen molar-refractivity contribution in [1.82, 2.24) is 9.88 Å². The van der Waals surface area contributed by atoms with Crippen LogP contribution in [0, 0.1) is 0 Å². The number of fused-ring (bicyclic) bond motifs is 3. The van der Waals surface area contributed by atoms with E-state index in [1.165, 1.54) is 21.8 Å². The molecule has 3 aromatic rings. The van der Waals surface area contributed by atoms with Crippen LogP contribution in [0.25, 0.3) is 21.8 Å². The first-order valence-corrected chi connectivity index (χ1v) is 8.79. The fraction of sp³-hybridized carbons (Fsp3) is 0.400. The Balaban J connectivity index is 1.50. The van der Waals surface area contributed by atoms with Gasteiger partial charge >= 0.3 is 0 Å². The first-order chi connectivity index (χ1) is 11.8. The Bertz CT molecular complexity index is 767. The summed E-state index contributed by atoms with van der Waals surface area (Å²) in [5, 5.41) is 16.3. The third kappa shape index (κ3) is 3.05. The maximum atomic E-state index is 10.5. The molecule has 4 rings (SSSR count). The minimum atomic E-state index is -0.425. The second-order valence-corrected chi connectivity index (χ2v) is 6.59. The highest BCUT2D eigenvalue weighted by molar-refractivity contribution is 6.07. The molecule has 1 saturated heterocycles. The third-order valence-electron chi connectivity index (χ3n) is 4.85. The van der Waals surface area contributed by atoms with Crippen LogP contribution >= 0.6 is 0 Å². The van der Waals surface area contributed by atoms with Gasteiger partial charge < -0.3 is 19.7 Å². The molecule has 0 aliphatic carbocycles. The quantitative estimate of drug-likeness (QED) is 0.733. The molecular weight excluding hydrogens is 300 g/mol. The van der Waals surface area contributed by atoms with Gasteiger partial charge in [-0.1, -0.05) is 36.4 Å². The van der Waals surface area contributed by atoms with Gasteiger partial charge in [0, 0.05) is 41.5 Å². The summed E-state index contributed by atoms with van der Waals surface area (Å²) in [6, 6.07) is 16.8. The Morgan fingerprint density at radius 2 is 1.75 bits per heavy atom. The molecule has 0 unspecified atom stereocenters. The number of hydrogen-bond acceptors (Lipinski definition) is 3. The molecule has 2 atom stereocenters. The van der Waals surface area contributed by atoms with Crippen LogP contribution in [0.4, 0.5) is 0 Å². The van der Waals surface area contributed by atoms with Gasteiger partial charge in [0.2, 0.25) is 0 Å². The van der Waals surface area contributed by atoms with Crippen molar-refractivity contribution in [3.63, 3.8) is 0 Å². The monoisotopic (exact) mass is 324 g/mol. The topological polar surface area (TPSA) is 46.4 Å². The van der Waals surface area contributed by atoms with Crippen molar-refractivity contribution in [1.29, 1.82) is 0 Å². The molecule has 0 radical (unpaired) electrons. The standard InChI is InChI=1S/C20H24N2O2/c23-15(12-21-13-16-6-5-11-24-16)14-22-19-9-3-1-7-17(19)18-8-2-4-10-20(18)22/h1-4,7-10,15-16,21,23H,5-6,11-14H2/t15-,16+/m0/s1. The molecule has 24 heavy (non-hydrogen) atoms. The Morgan fingerprint density at radius 3 is 2.38 bits per heavy atom. The van der Waals surface area contributed by atoms with E-state index in [1.54, 1.807) is 0 Å². The number of benzene rings is 2. The number of aromatic nitrogens is 1. The maximum Gasteiger partial charge on any atom is 0.0843 e. The SMILES string of the molecule is O[C@@H](CNC[C@H]1CCCO1)Cn1c2ccccc2c2ccccc21. The summed E-state index contributed by atoms with van der Waals surface area (Å²) in [6.45, 7) is 2.87. The van der Waals surface area contributed by atoms with Gasteiger partial charge in [0.15, 0.2) is 0 Å². The van der Waals surface area contributed by atoms with E-state index < -0.39 is 6.10 Å². The molecule has 4 nitrogen and oxygen atoms in total. The zero-order valence-corrected chi connectivity index (χ0v) is 13.8. The number of para-hydroxylation sites is 2. The molecule has 1 aliphatic rings. The Kier molecular flexibility index (Phi) is 4.52. The fourth-order valence-electron chi connectivity index (χ4n) is 3.69. The van der Waals surface area contributed by atoms with E-state index in [0.717, 1.165) is 26.0 Å². The lowest BCUT2D eigenvalue weighted by Gasteiger charge is -2.16. The zero-order chi connectivity index (χ0) is 16.4. The molecule has 1 aliphatic heterocycles. The predicted octanol–water partition coefficient (Wildman–Crippen LogP) is 2.92. The van der Waals surface area contributed by atoms with E-state index in [2.05, 4.69) is 58.4 Å². The molecular formula is C20H24N2O2. The van der Waals surface area contributed by atoms with Gasteiger partial charge in [-0.2, -0.15) is 0 Å². The molecule has 1 fully saturated rings. The van der Waals surface area contributed by atoms with E-state index in [-0.39, 0.29) is 0 Å². The van der Waals surface area contributed by atoms with Crippen molar-refractivity contribution < 1.29 is 9.84 Å². The van der Waals surface area contributed by atoms with Crippen LogP contribution in [0.3, 0.4) is 0 Å². The number of nitrogens with zero attached hydrogens (tertiary/aromatic N) is 1. The first kappa shape index (κ1) is 15.6. The highest BCUT2D eigenvalue weighted by atomic mass is 16.5. The van der Waals surface area contributed by atoms with Crippen LogP contribution in [-0.2, 0) is 11.3 Å². The third-order valence-corrected chi connectivity index (χ3v) is 4.85. The Labute approximate surface area is 142 Å². The second kappa shape index (κ2) is 6.93. The highest BCUT2D eigenvalue weighted by Crippen LogP contribution is 2.28. The summed E-state index contributed by atoms with van der Waals surface area (Å²) >= 11 is 0. The van der Waals surface area contributed by atoms with Crippen molar-refractivity contribution in [3.8, 4) is 0 Å². The van der Waals surface area contributed by atoms with Crippen LogP contribution in [0.5, 0.6) is 0 Å². The number of aliphatic hydroxyl groups is 1. The lowest BCUT2D eigenvalue weighted by atomic mass is 10.2. The minimum absolute atomic E-state index is 0.311. The average Bonchev–Trinajstić information content (AvgIpc) is 3.23. The molecule has 0 saturated carbocycles. The van der Waals surface area contributed by atoms with E-state index >= 15 is 0 Å². The lowest BCUT2D eigenvalue weighted by Crippen LogP contribution is -2.34. The van der Waals surface area contributed by atoms with Gasteiger partial charge in [0.25, 0.3) is 0 Å². The van der Waals surface area contributed by atoms with Crippen molar-refractivity contribution >= 4 is 21.8 Å². The number of ether oxygens (including phenoxy) is 1. The second-order valence-electron chi connectivity index (χ2n) is 6.59. The van der Waals surface area contributed by atoms with Gasteiger partial charge in [0.1, 0.15) is 0 Å². The summed E-state index contributed by atoms with van der Waals surface area (Å²) in [6.07, 6.45) is 2.16. The Hall–Kier alpha value is -1.88. The number of rotatable bonds is 6. The van der Waals surface area contributed by atoms with Crippen LogP contribution in [-0.4, -0.2) is 41.6 Å². The van der Waals surface area contributed by atoms with E-state index in [0.29, 0.717) is 19.2 Å². The average molecular weight is 324 g/mol. The maximum absolute atomic E-state index is 10.5. The van der Waals surface area contributed by atoms with Crippen molar-refractivity contribution in [2.45, 2.75) is 31.6 Å². The van der Waals surface area contributed by atoms with Gasteiger partial charge in [-0.15, -0.1) is 0 Å². The molecule has 2 heterocycles. The van der Waals surface area contributed by atoms with Gasteiger partial charge in [-0.3, -0.25) is 0 Å². The predicted molar refractivity (Wildman–Crippen MR) is 97.3 cm³/mol. The molecule has 2 aromatic carbocycles. The van der Waals surface area contributed by atoms with E-state index in [1.807, 2.05) is 0 Å². The zero-order valence-electron chi connectivity index (χ0n) is 13.8. The summed E-state index contributed by atoms with van der Waals surface area (Å²) in [7, 11) is 0. The number of aliphatic hydroxyl groups excluding tert-OH is 1. The summed E-state index contributed by atoms with van der Waals surface area (Å²) in [5.41, 5.74) is 2.36. The minimum Gasteiger partial charge on any atom is -0.390 e. The van der Waals surface area contributed by atoms with E-state index in [4.69, 9.17) is 4.74 Å². The largest absolute Gasteiger partial charge is 0.390 e. The van der Waals surface area contributed by atoms with Crippen molar-refractivity contribution in [2.75, 3.05) is 19.7 Å². The first-order valence-electron chi connectivity index (χ1n) is 8.79. The Morgan fingerprint density at radius 1 is 1.08 bits per heavy atom. The summed E-state index contributed by atoms with van der Waals surface area (Å²) < 4.78 is 7.83. The highest BCUT2D eigenvalue weighted by Gasteiger charge is 2.16. The molecule has 1 aromatic heterocycles.